The molecule has 0 saturated heterocycles. The van der Waals surface area contributed by atoms with Crippen LogP contribution in [0, 0.1) is 6.92 Å². The van der Waals surface area contributed by atoms with Crippen LogP contribution in [0.4, 0.5) is 0 Å². The van der Waals surface area contributed by atoms with E-state index in [-0.39, 0.29) is 5.69 Å². The lowest BCUT2D eigenvalue weighted by molar-refractivity contribution is 0.0843. The molecule has 2 amide bonds. The fourth-order valence-corrected chi connectivity index (χ4v) is 2.69. The first-order chi connectivity index (χ1) is 12.6. The monoisotopic (exact) mass is 352 g/mol. The Bertz CT molecular complexity index is 1010. The number of hydrogen-bond donors (Lipinski definition) is 2. The number of hydrazine groups is 1. The normalized spacial score (nSPS) is 12.7. The lowest BCUT2D eigenvalue weighted by Gasteiger charge is -2.18. The van der Waals surface area contributed by atoms with Gasteiger partial charge < -0.3 is 13.9 Å². The summed E-state index contributed by atoms with van der Waals surface area (Å²) in [6.45, 7) is 2.83. The highest BCUT2D eigenvalue weighted by molar-refractivity contribution is 5.98. The Labute approximate surface area is 148 Å². The van der Waals surface area contributed by atoms with E-state index in [1.54, 1.807) is 34.9 Å². The van der Waals surface area contributed by atoms with Crippen molar-refractivity contribution in [3.63, 3.8) is 0 Å². The van der Waals surface area contributed by atoms with Crippen molar-refractivity contribution in [3.05, 3.63) is 59.5 Å². The minimum Gasteiger partial charge on any atom is -0.486 e. The molecule has 0 aliphatic carbocycles. The summed E-state index contributed by atoms with van der Waals surface area (Å²) in [7, 11) is 0. The molecule has 8 nitrogen and oxygen atoms in total. The molecular formula is C18H16N4O4. The second kappa shape index (κ2) is 6.40. The van der Waals surface area contributed by atoms with Gasteiger partial charge in [0, 0.05) is 17.5 Å². The van der Waals surface area contributed by atoms with Gasteiger partial charge in [0.2, 0.25) is 0 Å². The number of rotatable bonds is 2. The molecule has 3 heterocycles. The van der Waals surface area contributed by atoms with E-state index >= 15 is 0 Å². The van der Waals surface area contributed by atoms with Crippen molar-refractivity contribution in [1.29, 1.82) is 0 Å². The quantitative estimate of drug-likeness (QED) is 0.682. The Hall–Kier alpha value is -3.55. The number of nitrogens with one attached hydrogen (secondary N) is 2. The van der Waals surface area contributed by atoms with E-state index in [2.05, 4.69) is 15.8 Å². The molecule has 1 aromatic carbocycles. The van der Waals surface area contributed by atoms with Gasteiger partial charge >= 0.3 is 0 Å². The number of hydrogen-bond acceptors (Lipinski definition) is 5. The molecule has 1 aliphatic heterocycles. The highest BCUT2D eigenvalue weighted by Gasteiger charge is 2.16. The van der Waals surface area contributed by atoms with E-state index < -0.39 is 11.8 Å². The second-order valence-corrected chi connectivity index (χ2v) is 5.79. The highest BCUT2D eigenvalue weighted by Crippen LogP contribution is 2.30. The molecule has 0 saturated carbocycles. The summed E-state index contributed by atoms with van der Waals surface area (Å²) in [5, 5.41) is 0. The Balaban J connectivity index is 1.45. The van der Waals surface area contributed by atoms with E-state index in [4.69, 9.17) is 9.47 Å². The van der Waals surface area contributed by atoms with Crippen molar-refractivity contribution in [3.8, 4) is 11.5 Å². The topological polar surface area (TPSA) is 94.0 Å². The lowest BCUT2D eigenvalue weighted by Crippen LogP contribution is -2.41. The third kappa shape index (κ3) is 2.92. The average Bonchev–Trinajstić information content (AvgIpc) is 3.11. The first-order valence-electron chi connectivity index (χ1n) is 8.07. The maximum atomic E-state index is 12.2. The Morgan fingerprint density at radius 2 is 1.81 bits per heavy atom. The van der Waals surface area contributed by atoms with Crippen LogP contribution < -0.4 is 20.3 Å². The molecule has 0 spiro atoms. The van der Waals surface area contributed by atoms with Crippen LogP contribution >= 0.6 is 0 Å². The molecule has 1 aliphatic rings. The van der Waals surface area contributed by atoms with Gasteiger partial charge in [-0.05, 0) is 37.3 Å². The smallest absolute Gasteiger partial charge is 0.289 e. The zero-order chi connectivity index (χ0) is 18.1. The highest BCUT2D eigenvalue weighted by atomic mass is 16.6. The number of carbonyl (C=O) groups is 2. The van der Waals surface area contributed by atoms with Crippen LogP contribution in [0.25, 0.3) is 5.65 Å². The van der Waals surface area contributed by atoms with Crippen LogP contribution in [0.1, 0.15) is 26.5 Å². The number of pyridine rings is 1. The predicted molar refractivity (Wildman–Crippen MR) is 92.3 cm³/mol. The molecular weight excluding hydrogens is 336 g/mol. The van der Waals surface area contributed by atoms with Crippen molar-refractivity contribution in [1.82, 2.24) is 20.2 Å². The number of carbonyl (C=O) groups excluding carboxylic acids is 2. The fourth-order valence-electron chi connectivity index (χ4n) is 2.69. The summed E-state index contributed by atoms with van der Waals surface area (Å²) in [6.07, 6.45) is 1.62. The van der Waals surface area contributed by atoms with Crippen molar-refractivity contribution < 1.29 is 19.1 Å². The molecule has 132 valence electrons. The van der Waals surface area contributed by atoms with E-state index in [1.807, 2.05) is 19.1 Å². The molecule has 0 bridgehead atoms. The Morgan fingerprint density at radius 1 is 1.04 bits per heavy atom. The number of imidazole rings is 1. The third-order valence-electron chi connectivity index (χ3n) is 4.02. The molecule has 0 fully saturated rings. The van der Waals surface area contributed by atoms with Crippen molar-refractivity contribution >= 4 is 17.5 Å². The molecule has 4 rings (SSSR count). The summed E-state index contributed by atoms with van der Waals surface area (Å²) >= 11 is 0. The number of aryl methyl sites for hydroxylation is 1. The number of ether oxygens (including phenoxy) is 2. The largest absolute Gasteiger partial charge is 0.486 e. The summed E-state index contributed by atoms with van der Waals surface area (Å²) < 4.78 is 12.7. The SMILES string of the molecule is Cc1cccc2nc(C(=O)NNC(=O)c3ccc4c(c3)OCCO4)cn12. The standard InChI is InChI=1S/C18H16N4O4/c1-11-3-2-4-16-19-13(10-22(11)16)18(24)21-20-17(23)12-5-6-14-15(9-12)26-8-7-25-14/h2-6,9-10H,7-8H2,1H3,(H,20,23)(H,21,24). The molecule has 3 aromatic rings. The molecule has 8 heteroatoms. The van der Waals surface area contributed by atoms with Gasteiger partial charge in [0.05, 0.1) is 0 Å². The number of aromatic nitrogens is 2. The molecule has 2 aromatic heterocycles. The van der Waals surface area contributed by atoms with Gasteiger partial charge in [-0.25, -0.2) is 4.98 Å². The molecule has 2 N–H and O–H groups in total. The number of benzene rings is 1. The number of amides is 2. The predicted octanol–water partition coefficient (Wildman–Crippen LogP) is 1.49. The second-order valence-electron chi connectivity index (χ2n) is 5.79. The zero-order valence-electron chi connectivity index (χ0n) is 14.0. The van der Waals surface area contributed by atoms with Crippen LogP contribution in [0.5, 0.6) is 11.5 Å². The molecule has 26 heavy (non-hydrogen) atoms. The van der Waals surface area contributed by atoms with Crippen LogP contribution in [0.2, 0.25) is 0 Å². The fraction of sp³-hybridized carbons (Fsp3) is 0.167. The van der Waals surface area contributed by atoms with Crippen molar-refractivity contribution in [2.75, 3.05) is 13.2 Å². The first-order valence-corrected chi connectivity index (χ1v) is 8.07. The number of fused-ring (bicyclic) bond motifs is 2. The van der Waals surface area contributed by atoms with Crippen molar-refractivity contribution in [2.45, 2.75) is 6.92 Å². The minimum absolute atomic E-state index is 0.210. The van der Waals surface area contributed by atoms with Crippen LogP contribution in [0.15, 0.2) is 42.6 Å². The maximum Gasteiger partial charge on any atom is 0.289 e. The zero-order valence-corrected chi connectivity index (χ0v) is 14.0. The van der Waals surface area contributed by atoms with Gasteiger partial charge in [0.25, 0.3) is 11.8 Å². The molecule has 0 unspecified atom stereocenters. The van der Waals surface area contributed by atoms with Gasteiger partial charge in [-0.2, -0.15) is 0 Å². The first kappa shape index (κ1) is 15.9. The van der Waals surface area contributed by atoms with Crippen LogP contribution in [0.3, 0.4) is 0 Å². The summed E-state index contributed by atoms with van der Waals surface area (Å²) in [5.74, 6) is 0.136. The average molecular weight is 352 g/mol. The van der Waals surface area contributed by atoms with Gasteiger partial charge in [-0.3, -0.25) is 20.4 Å². The van der Waals surface area contributed by atoms with Gasteiger partial charge in [-0.1, -0.05) is 6.07 Å². The van der Waals surface area contributed by atoms with Crippen LogP contribution in [-0.2, 0) is 0 Å². The summed E-state index contributed by atoms with van der Waals surface area (Å²) in [4.78, 5) is 28.7. The van der Waals surface area contributed by atoms with Crippen molar-refractivity contribution in [2.24, 2.45) is 0 Å². The Morgan fingerprint density at radius 3 is 2.62 bits per heavy atom. The summed E-state index contributed by atoms with van der Waals surface area (Å²) in [6, 6.07) is 10.4. The van der Waals surface area contributed by atoms with E-state index in [1.165, 1.54) is 0 Å². The lowest BCUT2D eigenvalue weighted by atomic mass is 10.2. The van der Waals surface area contributed by atoms with E-state index in [0.29, 0.717) is 35.9 Å². The minimum atomic E-state index is -0.501. The van der Waals surface area contributed by atoms with E-state index in [9.17, 15) is 9.59 Å². The van der Waals surface area contributed by atoms with Gasteiger partial charge in [0.15, 0.2) is 11.5 Å². The van der Waals surface area contributed by atoms with Gasteiger partial charge in [-0.15, -0.1) is 0 Å². The van der Waals surface area contributed by atoms with E-state index in [0.717, 1.165) is 5.69 Å². The Kier molecular flexibility index (Phi) is 3.92. The maximum absolute atomic E-state index is 12.2. The summed E-state index contributed by atoms with van der Waals surface area (Å²) in [5.41, 5.74) is 6.92. The third-order valence-corrected chi connectivity index (χ3v) is 4.02. The molecule has 0 atom stereocenters. The number of nitrogens with zero attached hydrogens (tertiary/aromatic N) is 2. The van der Waals surface area contributed by atoms with Crippen LogP contribution in [-0.4, -0.2) is 34.4 Å². The molecule has 0 radical (unpaired) electrons. The van der Waals surface area contributed by atoms with Gasteiger partial charge in [0.1, 0.15) is 24.6 Å².